The maximum atomic E-state index is 13.1. The normalized spacial score (nSPS) is 27.1. The van der Waals surface area contributed by atoms with Gasteiger partial charge < -0.3 is 10.0 Å². The van der Waals surface area contributed by atoms with Gasteiger partial charge in [0.2, 0.25) is 0 Å². The number of benzene rings is 1. The van der Waals surface area contributed by atoms with Gasteiger partial charge in [-0.2, -0.15) is 0 Å². The fourth-order valence-corrected chi connectivity index (χ4v) is 7.75. The lowest BCUT2D eigenvalue weighted by atomic mass is 9.75. The minimum absolute atomic E-state index is 0.0182. The minimum Gasteiger partial charge on any atom is -0.481 e. The quantitative estimate of drug-likeness (QED) is 0.339. The van der Waals surface area contributed by atoms with E-state index >= 15 is 0 Å². The standard InChI is InChI=1S/C29H34N2O3S2/c1-4-30-23-7-5-6-21(23)22-15-18(10-11-24(22)30)8-9-19-14-20(17-29(2,3)16-19)26-27(34)31(28(35)36-26)13-12-25(32)33/h8-11,14-15,21,23H,4-7,12-13,16-17H2,1-3H3,(H,32,33)/b9-8+,26-20-. The molecule has 2 aliphatic carbocycles. The Labute approximate surface area is 223 Å². The van der Waals surface area contributed by atoms with Gasteiger partial charge in [0.1, 0.15) is 4.32 Å². The maximum Gasteiger partial charge on any atom is 0.305 e. The van der Waals surface area contributed by atoms with E-state index in [4.69, 9.17) is 17.3 Å². The molecule has 7 heteroatoms. The molecule has 0 spiro atoms. The van der Waals surface area contributed by atoms with Crippen LogP contribution in [0.15, 0.2) is 46.4 Å². The van der Waals surface area contributed by atoms with E-state index in [1.54, 1.807) is 0 Å². The summed E-state index contributed by atoms with van der Waals surface area (Å²) in [4.78, 5) is 28.8. The molecule has 0 aromatic heterocycles. The maximum absolute atomic E-state index is 13.1. The molecule has 190 valence electrons. The first kappa shape index (κ1) is 25.3. The second-order valence-corrected chi connectivity index (χ2v) is 12.7. The molecule has 1 saturated carbocycles. The van der Waals surface area contributed by atoms with Crippen molar-refractivity contribution in [3.63, 3.8) is 0 Å². The molecule has 36 heavy (non-hydrogen) atoms. The topological polar surface area (TPSA) is 60.9 Å². The molecule has 4 aliphatic rings. The Kier molecular flexibility index (Phi) is 6.90. The van der Waals surface area contributed by atoms with E-state index in [1.165, 1.54) is 58.3 Å². The van der Waals surface area contributed by atoms with E-state index in [0.29, 0.717) is 21.2 Å². The van der Waals surface area contributed by atoms with Crippen LogP contribution in [0.4, 0.5) is 5.69 Å². The molecular weight excluding hydrogens is 488 g/mol. The van der Waals surface area contributed by atoms with Crippen molar-refractivity contribution in [2.45, 2.75) is 71.3 Å². The Hall–Kier alpha value is -2.38. The lowest BCUT2D eigenvalue weighted by Crippen LogP contribution is -2.30. The summed E-state index contributed by atoms with van der Waals surface area (Å²) in [6.45, 7) is 7.90. The number of thiocarbonyl (C=S) groups is 1. The van der Waals surface area contributed by atoms with Gasteiger partial charge in [-0.1, -0.05) is 68.5 Å². The van der Waals surface area contributed by atoms with E-state index in [-0.39, 0.29) is 24.3 Å². The molecule has 0 bridgehead atoms. The summed E-state index contributed by atoms with van der Waals surface area (Å²) in [5, 5.41) is 9.02. The summed E-state index contributed by atoms with van der Waals surface area (Å²) >= 11 is 6.71. The number of thioether (sulfide) groups is 1. The number of nitrogens with zero attached hydrogens (tertiary/aromatic N) is 2. The number of amides is 1. The average molecular weight is 523 g/mol. The highest BCUT2D eigenvalue weighted by Gasteiger charge is 2.40. The van der Waals surface area contributed by atoms with Gasteiger partial charge in [0.05, 0.1) is 11.3 Å². The highest BCUT2D eigenvalue weighted by atomic mass is 32.2. The zero-order chi connectivity index (χ0) is 25.6. The molecule has 5 rings (SSSR count). The summed E-state index contributed by atoms with van der Waals surface area (Å²) in [6.07, 6.45) is 12.1. The third-order valence-electron chi connectivity index (χ3n) is 7.87. The van der Waals surface area contributed by atoms with Crippen LogP contribution in [0.25, 0.3) is 6.08 Å². The highest BCUT2D eigenvalue weighted by Crippen LogP contribution is 2.49. The molecular formula is C29H34N2O3S2. The van der Waals surface area contributed by atoms with Crippen LogP contribution in [-0.4, -0.2) is 45.3 Å². The second-order valence-electron chi connectivity index (χ2n) is 11.1. The molecule has 2 fully saturated rings. The number of carbonyl (C=O) groups is 2. The van der Waals surface area contributed by atoms with Gasteiger partial charge >= 0.3 is 5.97 Å². The van der Waals surface area contributed by atoms with Crippen LogP contribution >= 0.6 is 24.0 Å². The van der Waals surface area contributed by atoms with Crippen molar-refractivity contribution >= 4 is 51.9 Å². The first-order chi connectivity index (χ1) is 17.2. The first-order valence-corrected chi connectivity index (χ1v) is 14.2. The first-order valence-electron chi connectivity index (χ1n) is 12.9. The number of fused-ring (bicyclic) bond motifs is 3. The van der Waals surface area contributed by atoms with E-state index < -0.39 is 5.97 Å². The fourth-order valence-electron chi connectivity index (χ4n) is 6.40. The molecule has 2 atom stereocenters. The van der Waals surface area contributed by atoms with Crippen LogP contribution in [0.5, 0.6) is 0 Å². The van der Waals surface area contributed by atoms with Gasteiger partial charge in [0.25, 0.3) is 5.91 Å². The SMILES string of the molecule is CCN1c2ccc(/C=C/C3=CC(=C4/SC(=S)N(CCC(=O)O)C4=O)/CC(C)(C)C3)cc2C2CCCC21. The summed E-state index contributed by atoms with van der Waals surface area (Å²) in [5.74, 6) is -0.431. The monoisotopic (exact) mass is 522 g/mol. The van der Waals surface area contributed by atoms with Crippen LogP contribution in [0.3, 0.4) is 0 Å². The molecule has 1 aromatic rings. The number of allylic oxidation sites excluding steroid dienone is 4. The molecule has 1 N–H and O–H groups in total. The van der Waals surface area contributed by atoms with Gasteiger partial charge in [-0.3, -0.25) is 14.5 Å². The largest absolute Gasteiger partial charge is 0.481 e. The number of hydrogen-bond donors (Lipinski definition) is 1. The predicted molar refractivity (Wildman–Crippen MR) is 151 cm³/mol. The number of carbonyl (C=O) groups excluding carboxylic acids is 1. The van der Waals surface area contributed by atoms with Gasteiger partial charge in [-0.05, 0) is 72.4 Å². The summed E-state index contributed by atoms with van der Waals surface area (Å²) in [5.41, 5.74) is 6.36. The molecule has 2 aliphatic heterocycles. The van der Waals surface area contributed by atoms with Crippen LogP contribution < -0.4 is 4.90 Å². The third-order valence-corrected chi connectivity index (χ3v) is 9.38. The number of carboxylic acid groups (broad SMARTS) is 1. The van der Waals surface area contributed by atoms with Gasteiger partial charge in [0, 0.05) is 30.7 Å². The molecule has 2 unspecified atom stereocenters. The number of hydrogen-bond acceptors (Lipinski definition) is 5. The number of rotatable bonds is 6. The Bertz CT molecular complexity index is 1210. The number of carboxylic acids is 1. The molecule has 0 radical (unpaired) electrons. The molecule has 1 aromatic carbocycles. The Balaban J connectivity index is 1.40. The Morgan fingerprint density at radius 1 is 1.25 bits per heavy atom. The van der Waals surface area contributed by atoms with Crippen molar-refractivity contribution in [2.24, 2.45) is 5.41 Å². The van der Waals surface area contributed by atoms with Crippen molar-refractivity contribution in [2.75, 3.05) is 18.0 Å². The Morgan fingerprint density at radius 3 is 2.81 bits per heavy atom. The number of aliphatic carboxylic acids is 1. The van der Waals surface area contributed by atoms with Crippen molar-refractivity contribution in [3.05, 3.63) is 57.5 Å². The van der Waals surface area contributed by atoms with Crippen molar-refractivity contribution in [3.8, 4) is 0 Å². The van der Waals surface area contributed by atoms with Crippen LogP contribution in [-0.2, 0) is 9.59 Å². The molecule has 1 amide bonds. The van der Waals surface area contributed by atoms with Crippen LogP contribution in [0.1, 0.15) is 76.3 Å². The van der Waals surface area contributed by atoms with Gasteiger partial charge in [-0.25, -0.2) is 0 Å². The van der Waals surface area contributed by atoms with Gasteiger partial charge in [0.15, 0.2) is 0 Å². The number of likely N-dealkylation sites (N-methyl/N-ethyl adjacent to an activating group) is 1. The Morgan fingerprint density at radius 2 is 2.06 bits per heavy atom. The lowest BCUT2D eigenvalue weighted by Gasteiger charge is -2.31. The van der Waals surface area contributed by atoms with E-state index in [9.17, 15) is 9.59 Å². The van der Waals surface area contributed by atoms with Crippen molar-refractivity contribution in [1.29, 1.82) is 0 Å². The van der Waals surface area contributed by atoms with Crippen LogP contribution in [0, 0.1) is 5.41 Å². The highest BCUT2D eigenvalue weighted by molar-refractivity contribution is 8.26. The summed E-state index contributed by atoms with van der Waals surface area (Å²) in [6, 6.07) is 7.57. The molecule has 1 saturated heterocycles. The number of anilines is 1. The zero-order valence-electron chi connectivity index (χ0n) is 21.3. The lowest BCUT2D eigenvalue weighted by molar-refractivity contribution is -0.137. The second kappa shape index (κ2) is 9.82. The molecule has 2 heterocycles. The fraction of sp³-hybridized carbons (Fsp3) is 0.483. The van der Waals surface area contributed by atoms with Crippen LogP contribution in [0.2, 0.25) is 0 Å². The van der Waals surface area contributed by atoms with Gasteiger partial charge in [-0.15, -0.1) is 0 Å². The third kappa shape index (κ3) is 4.80. The van der Waals surface area contributed by atoms with E-state index in [0.717, 1.165) is 25.0 Å². The summed E-state index contributed by atoms with van der Waals surface area (Å²) in [7, 11) is 0. The minimum atomic E-state index is -0.930. The predicted octanol–water partition coefficient (Wildman–Crippen LogP) is 6.51. The van der Waals surface area contributed by atoms with E-state index in [1.807, 2.05) is 0 Å². The smallest absolute Gasteiger partial charge is 0.305 e. The van der Waals surface area contributed by atoms with E-state index in [2.05, 4.69) is 62.1 Å². The zero-order valence-corrected chi connectivity index (χ0v) is 22.9. The van der Waals surface area contributed by atoms with Crippen molar-refractivity contribution < 1.29 is 14.7 Å². The summed E-state index contributed by atoms with van der Waals surface area (Å²) < 4.78 is 0.446. The molecule has 5 nitrogen and oxygen atoms in total. The average Bonchev–Trinajstić information content (AvgIpc) is 3.48. The van der Waals surface area contributed by atoms with Crippen molar-refractivity contribution in [1.82, 2.24) is 4.90 Å².